The Bertz CT molecular complexity index is 1600. The third-order valence-electron chi connectivity index (χ3n) is 7.72. The minimum Gasteiger partial charge on any atom is -0.386 e. The van der Waals surface area contributed by atoms with E-state index in [2.05, 4.69) is 25.7 Å². The number of nitrogens with zero attached hydrogens (tertiary/aromatic N) is 5. The van der Waals surface area contributed by atoms with Crippen molar-refractivity contribution in [1.82, 2.24) is 24.6 Å². The number of fused-ring (bicyclic) bond motifs is 3. The monoisotopic (exact) mass is 515 g/mol. The molecular weight excluding hydrogens is 485 g/mol. The van der Waals surface area contributed by atoms with Crippen molar-refractivity contribution in [3.63, 3.8) is 0 Å². The molecule has 0 bridgehead atoms. The Balaban J connectivity index is 1.33. The molecule has 1 amide bonds. The van der Waals surface area contributed by atoms with Crippen LogP contribution in [0, 0.1) is 18.2 Å². The summed E-state index contributed by atoms with van der Waals surface area (Å²) in [4.78, 5) is 22.9. The highest BCUT2D eigenvalue weighted by Gasteiger charge is 2.37. The molecule has 1 aromatic carbocycles. The number of halogens is 1. The lowest BCUT2D eigenvalue weighted by atomic mass is 9.80. The number of aromatic nitrogens is 4. The molecule has 0 aliphatic carbocycles. The molecule has 5 heterocycles. The Morgan fingerprint density at radius 1 is 1.11 bits per heavy atom. The summed E-state index contributed by atoms with van der Waals surface area (Å²) in [7, 11) is 1.80. The number of aliphatic hydroxyl groups is 1. The SMILES string of the molecule is Cc1c(-c2cc3cc(Nc4cc5n(n4)CC(=O)N(C)CC5)ncc3cc2F)cnc2c1NCC(C)(C)[C@H]2O. The van der Waals surface area contributed by atoms with E-state index in [0.717, 1.165) is 28.8 Å². The van der Waals surface area contributed by atoms with Crippen molar-refractivity contribution in [2.24, 2.45) is 5.41 Å². The zero-order chi connectivity index (χ0) is 26.8. The predicted octanol–water partition coefficient (Wildman–Crippen LogP) is 4.18. The van der Waals surface area contributed by atoms with Gasteiger partial charge in [-0.05, 0) is 36.1 Å². The number of benzene rings is 1. The van der Waals surface area contributed by atoms with E-state index in [-0.39, 0.29) is 23.7 Å². The molecule has 1 atom stereocenters. The molecular formula is C28H30FN7O2. The van der Waals surface area contributed by atoms with Crippen molar-refractivity contribution in [3.05, 3.63) is 59.4 Å². The van der Waals surface area contributed by atoms with Crippen LogP contribution in [0.1, 0.15) is 36.9 Å². The minimum atomic E-state index is -0.704. The van der Waals surface area contributed by atoms with Crippen LogP contribution in [0.15, 0.2) is 36.7 Å². The molecule has 4 aromatic rings. The fourth-order valence-corrected chi connectivity index (χ4v) is 5.19. The number of hydrogen-bond acceptors (Lipinski definition) is 7. The lowest BCUT2D eigenvalue weighted by Crippen LogP contribution is -2.36. The summed E-state index contributed by atoms with van der Waals surface area (Å²) in [5, 5.41) is 23.4. The molecule has 0 radical (unpaired) electrons. The molecule has 0 saturated carbocycles. The zero-order valence-corrected chi connectivity index (χ0v) is 21.8. The molecule has 0 saturated heterocycles. The fourth-order valence-electron chi connectivity index (χ4n) is 5.19. The molecule has 9 nitrogen and oxygen atoms in total. The van der Waals surface area contributed by atoms with Gasteiger partial charge in [0.1, 0.15) is 24.3 Å². The molecule has 6 rings (SSSR count). The van der Waals surface area contributed by atoms with Crippen molar-refractivity contribution in [2.75, 3.05) is 30.8 Å². The average Bonchev–Trinajstić information content (AvgIpc) is 3.19. The van der Waals surface area contributed by atoms with Gasteiger partial charge >= 0.3 is 0 Å². The highest BCUT2D eigenvalue weighted by molar-refractivity contribution is 5.90. The number of hydrogen-bond donors (Lipinski definition) is 3. The molecule has 0 fully saturated rings. The molecule has 3 aromatic heterocycles. The van der Waals surface area contributed by atoms with Crippen LogP contribution in [-0.4, -0.2) is 55.8 Å². The highest BCUT2D eigenvalue weighted by atomic mass is 19.1. The maximum atomic E-state index is 15.3. The number of anilines is 3. The number of carbonyl (C=O) groups excluding carboxylic acids is 1. The van der Waals surface area contributed by atoms with E-state index < -0.39 is 6.10 Å². The Hall–Kier alpha value is -4.05. The molecule has 196 valence electrons. The summed E-state index contributed by atoms with van der Waals surface area (Å²) in [6, 6.07) is 7.06. The molecule has 2 aliphatic heterocycles. The first kappa shape index (κ1) is 24.3. The van der Waals surface area contributed by atoms with E-state index in [1.54, 1.807) is 35.1 Å². The summed E-state index contributed by atoms with van der Waals surface area (Å²) < 4.78 is 17.0. The third-order valence-corrected chi connectivity index (χ3v) is 7.72. The number of pyridine rings is 2. The van der Waals surface area contributed by atoms with Gasteiger partial charge < -0.3 is 20.6 Å². The van der Waals surface area contributed by atoms with E-state index in [0.29, 0.717) is 46.9 Å². The van der Waals surface area contributed by atoms with Crippen molar-refractivity contribution in [2.45, 2.75) is 39.8 Å². The lowest BCUT2D eigenvalue weighted by molar-refractivity contribution is -0.130. The summed E-state index contributed by atoms with van der Waals surface area (Å²) in [6.45, 7) is 7.34. The number of carbonyl (C=O) groups is 1. The van der Waals surface area contributed by atoms with Crippen molar-refractivity contribution in [1.29, 1.82) is 0 Å². The van der Waals surface area contributed by atoms with Crippen LogP contribution in [0.4, 0.5) is 21.7 Å². The first-order valence-corrected chi connectivity index (χ1v) is 12.7. The summed E-state index contributed by atoms with van der Waals surface area (Å²) in [6.07, 6.45) is 3.29. The summed E-state index contributed by atoms with van der Waals surface area (Å²) in [5.74, 6) is 0.832. The molecule has 2 aliphatic rings. The Labute approximate surface area is 219 Å². The van der Waals surface area contributed by atoms with Crippen LogP contribution in [0.3, 0.4) is 0 Å². The molecule has 3 N–H and O–H groups in total. The Morgan fingerprint density at radius 2 is 1.92 bits per heavy atom. The van der Waals surface area contributed by atoms with Gasteiger partial charge in [-0.15, -0.1) is 0 Å². The van der Waals surface area contributed by atoms with Crippen molar-refractivity contribution in [3.8, 4) is 11.1 Å². The lowest BCUT2D eigenvalue weighted by Gasteiger charge is -2.37. The van der Waals surface area contributed by atoms with Gasteiger partial charge in [-0.2, -0.15) is 5.10 Å². The van der Waals surface area contributed by atoms with Gasteiger partial charge in [0.25, 0.3) is 0 Å². The average molecular weight is 516 g/mol. The van der Waals surface area contributed by atoms with E-state index in [1.165, 1.54) is 6.07 Å². The van der Waals surface area contributed by atoms with E-state index in [4.69, 9.17) is 0 Å². The summed E-state index contributed by atoms with van der Waals surface area (Å²) >= 11 is 0. The maximum absolute atomic E-state index is 15.3. The highest BCUT2D eigenvalue weighted by Crippen LogP contribution is 2.44. The molecule has 0 spiro atoms. The van der Waals surface area contributed by atoms with E-state index in [9.17, 15) is 9.90 Å². The number of likely N-dealkylation sites (N-methyl/N-ethyl adjacent to an activating group) is 1. The predicted molar refractivity (Wildman–Crippen MR) is 144 cm³/mol. The number of rotatable bonds is 3. The fraction of sp³-hybridized carbons (Fsp3) is 0.357. The second-order valence-electron chi connectivity index (χ2n) is 10.9. The van der Waals surface area contributed by atoms with Gasteiger partial charge in [0.2, 0.25) is 5.91 Å². The van der Waals surface area contributed by atoms with Crippen LogP contribution in [0.2, 0.25) is 0 Å². The van der Waals surface area contributed by atoms with Crippen LogP contribution >= 0.6 is 0 Å². The van der Waals surface area contributed by atoms with Crippen molar-refractivity contribution >= 4 is 34.0 Å². The number of aliphatic hydroxyl groups excluding tert-OH is 1. The second kappa shape index (κ2) is 8.76. The van der Waals surface area contributed by atoms with Crippen LogP contribution < -0.4 is 10.6 Å². The number of amides is 1. The van der Waals surface area contributed by atoms with E-state index >= 15 is 4.39 Å². The Morgan fingerprint density at radius 3 is 2.74 bits per heavy atom. The first-order chi connectivity index (χ1) is 18.1. The molecule has 0 unspecified atom stereocenters. The molecule has 10 heteroatoms. The quantitative estimate of drug-likeness (QED) is 0.376. The minimum absolute atomic E-state index is 0.0252. The topological polar surface area (TPSA) is 108 Å². The first-order valence-electron chi connectivity index (χ1n) is 12.7. The normalized spacial score (nSPS) is 18.5. The van der Waals surface area contributed by atoms with Gasteiger partial charge in [0, 0.05) is 72.6 Å². The molecule has 38 heavy (non-hydrogen) atoms. The largest absolute Gasteiger partial charge is 0.386 e. The smallest absolute Gasteiger partial charge is 0.244 e. The van der Waals surface area contributed by atoms with E-state index in [1.807, 2.05) is 32.9 Å². The second-order valence-corrected chi connectivity index (χ2v) is 10.9. The van der Waals surface area contributed by atoms with Gasteiger partial charge in [-0.25, -0.2) is 9.37 Å². The summed E-state index contributed by atoms with van der Waals surface area (Å²) in [5.41, 5.74) is 3.92. The van der Waals surface area contributed by atoms with Crippen molar-refractivity contribution < 1.29 is 14.3 Å². The van der Waals surface area contributed by atoms with Crippen LogP contribution in [0.25, 0.3) is 21.9 Å². The maximum Gasteiger partial charge on any atom is 0.244 e. The Kier molecular flexibility index (Phi) is 5.60. The van der Waals surface area contributed by atoms with Gasteiger partial charge in [-0.1, -0.05) is 13.8 Å². The third kappa shape index (κ3) is 4.05. The zero-order valence-electron chi connectivity index (χ0n) is 21.8. The van der Waals surface area contributed by atoms with Gasteiger partial charge in [0.05, 0.1) is 11.4 Å². The van der Waals surface area contributed by atoms with Crippen LogP contribution in [0.5, 0.6) is 0 Å². The number of nitrogens with one attached hydrogen (secondary N) is 2. The standard InChI is InChI=1S/C28H30FN7O2/c1-15-20(12-31-26-25(15)32-14-28(2,3)27(26)38)19-7-16-9-22(30-11-17(16)8-21(19)29)33-23-10-18-5-6-35(4)24(37)13-36(18)34-23/h7-12,27,32,38H,5-6,13-14H2,1-4H3,(H,30,33,34)/t27-/m0/s1. The van der Waals surface area contributed by atoms with Crippen LogP contribution in [-0.2, 0) is 17.8 Å². The van der Waals surface area contributed by atoms with Gasteiger partial charge in [-0.3, -0.25) is 14.5 Å². The van der Waals surface area contributed by atoms with Gasteiger partial charge in [0.15, 0.2) is 5.82 Å².